The summed E-state index contributed by atoms with van der Waals surface area (Å²) in [4.78, 5) is 18.5. The first-order valence-electron chi connectivity index (χ1n) is 6.80. The molecular weight excluding hydrogens is 250 g/mol. The van der Waals surface area contributed by atoms with E-state index >= 15 is 0 Å². The van der Waals surface area contributed by atoms with Crippen molar-refractivity contribution in [3.05, 3.63) is 65.5 Å². The minimum atomic E-state index is -0.0485. The van der Waals surface area contributed by atoms with E-state index in [1.54, 1.807) is 24.5 Å². The fourth-order valence-corrected chi connectivity index (χ4v) is 2.80. The number of benzene rings is 1. The summed E-state index contributed by atoms with van der Waals surface area (Å²) in [5, 5.41) is 0. The second kappa shape index (κ2) is 5.43. The standard InChI is InChI=1S/C16H17N3O/c17-10-15-14-6-2-1-4-12(14)7-9-19(15)16(20)13-5-3-8-18-11-13/h1-6,8,11,15H,7,9-10,17H2. The maximum Gasteiger partial charge on any atom is 0.255 e. The number of hydrogen-bond donors (Lipinski definition) is 1. The van der Waals surface area contributed by atoms with Gasteiger partial charge in [0, 0.05) is 25.5 Å². The monoisotopic (exact) mass is 267 g/mol. The van der Waals surface area contributed by atoms with Gasteiger partial charge >= 0.3 is 0 Å². The molecule has 4 heteroatoms. The van der Waals surface area contributed by atoms with Gasteiger partial charge in [-0.25, -0.2) is 0 Å². The van der Waals surface area contributed by atoms with Crippen molar-refractivity contribution in [2.75, 3.05) is 13.1 Å². The second-order valence-electron chi connectivity index (χ2n) is 4.94. The van der Waals surface area contributed by atoms with Crippen molar-refractivity contribution in [2.24, 2.45) is 5.73 Å². The summed E-state index contributed by atoms with van der Waals surface area (Å²) in [6.45, 7) is 1.13. The molecular formula is C16H17N3O. The summed E-state index contributed by atoms with van der Waals surface area (Å²) >= 11 is 0. The molecule has 20 heavy (non-hydrogen) atoms. The summed E-state index contributed by atoms with van der Waals surface area (Å²) in [6, 6.07) is 11.7. The van der Waals surface area contributed by atoms with Gasteiger partial charge in [0.15, 0.2) is 0 Å². The van der Waals surface area contributed by atoms with E-state index in [1.807, 2.05) is 17.0 Å². The van der Waals surface area contributed by atoms with E-state index < -0.39 is 0 Å². The molecule has 1 amide bonds. The Morgan fingerprint density at radius 3 is 2.90 bits per heavy atom. The molecule has 0 aliphatic carbocycles. The molecule has 102 valence electrons. The van der Waals surface area contributed by atoms with Crippen LogP contribution in [0, 0.1) is 0 Å². The van der Waals surface area contributed by atoms with E-state index in [2.05, 4.69) is 17.1 Å². The molecule has 1 aliphatic rings. The van der Waals surface area contributed by atoms with Gasteiger partial charge in [0.05, 0.1) is 11.6 Å². The highest BCUT2D eigenvalue weighted by molar-refractivity contribution is 5.94. The maximum atomic E-state index is 12.6. The third kappa shape index (κ3) is 2.18. The minimum absolute atomic E-state index is 0.00283. The van der Waals surface area contributed by atoms with E-state index in [0.717, 1.165) is 6.42 Å². The third-order valence-corrected chi connectivity index (χ3v) is 3.80. The van der Waals surface area contributed by atoms with Crippen LogP contribution in [0.2, 0.25) is 0 Å². The SMILES string of the molecule is NCC1c2ccccc2CCN1C(=O)c1cccnc1. The van der Waals surface area contributed by atoms with Crippen molar-refractivity contribution in [2.45, 2.75) is 12.5 Å². The fraction of sp³-hybridized carbons (Fsp3) is 0.250. The smallest absolute Gasteiger partial charge is 0.255 e. The second-order valence-corrected chi connectivity index (χ2v) is 4.94. The Morgan fingerprint density at radius 1 is 1.30 bits per heavy atom. The number of carbonyl (C=O) groups is 1. The highest BCUT2D eigenvalue weighted by Crippen LogP contribution is 2.29. The van der Waals surface area contributed by atoms with Crippen LogP contribution in [0.15, 0.2) is 48.8 Å². The molecule has 1 aromatic heterocycles. The van der Waals surface area contributed by atoms with Gasteiger partial charge in [-0.05, 0) is 29.7 Å². The zero-order valence-corrected chi connectivity index (χ0v) is 11.2. The van der Waals surface area contributed by atoms with Crippen LogP contribution in [0.1, 0.15) is 27.5 Å². The lowest BCUT2D eigenvalue weighted by Crippen LogP contribution is -2.43. The molecule has 1 unspecified atom stereocenters. The molecule has 2 N–H and O–H groups in total. The van der Waals surface area contributed by atoms with Gasteiger partial charge in [0.1, 0.15) is 0 Å². The van der Waals surface area contributed by atoms with Gasteiger partial charge in [-0.3, -0.25) is 9.78 Å². The van der Waals surface area contributed by atoms with Crippen LogP contribution in [0.25, 0.3) is 0 Å². The zero-order valence-electron chi connectivity index (χ0n) is 11.2. The normalized spacial score (nSPS) is 17.6. The van der Waals surface area contributed by atoms with Gasteiger partial charge in [0.25, 0.3) is 5.91 Å². The van der Waals surface area contributed by atoms with E-state index in [4.69, 9.17) is 5.73 Å². The van der Waals surface area contributed by atoms with Crippen LogP contribution < -0.4 is 5.73 Å². The molecule has 0 radical (unpaired) electrons. The van der Waals surface area contributed by atoms with Crippen LogP contribution in [0.5, 0.6) is 0 Å². The largest absolute Gasteiger partial charge is 0.330 e. The highest BCUT2D eigenvalue weighted by atomic mass is 16.2. The Kier molecular flexibility index (Phi) is 3.48. The first-order valence-corrected chi connectivity index (χ1v) is 6.80. The van der Waals surface area contributed by atoms with Crippen LogP contribution in [0.4, 0.5) is 0 Å². The van der Waals surface area contributed by atoms with Crippen molar-refractivity contribution >= 4 is 5.91 Å². The Morgan fingerprint density at radius 2 is 2.15 bits per heavy atom. The van der Waals surface area contributed by atoms with Crippen molar-refractivity contribution in [3.8, 4) is 0 Å². The summed E-state index contributed by atoms with van der Waals surface area (Å²) in [5.41, 5.74) is 8.99. The first kappa shape index (κ1) is 12.8. The summed E-state index contributed by atoms with van der Waals surface area (Å²) in [6.07, 6.45) is 4.15. The molecule has 0 fully saturated rings. The number of pyridine rings is 1. The molecule has 3 rings (SSSR count). The number of nitrogens with zero attached hydrogens (tertiary/aromatic N) is 2. The van der Waals surface area contributed by atoms with Crippen LogP contribution in [0.3, 0.4) is 0 Å². The Balaban J connectivity index is 1.94. The number of nitrogens with two attached hydrogens (primary N) is 1. The number of aromatic nitrogens is 1. The van der Waals surface area contributed by atoms with Crippen LogP contribution in [-0.4, -0.2) is 28.9 Å². The molecule has 1 aromatic carbocycles. The number of hydrogen-bond acceptors (Lipinski definition) is 3. The lowest BCUT2D eigenvalue weighted by atomic mass is 9.92. The van der Waals surface area contributed by atoms with Crippen molar-refractivity contribution in [1.82, 2.24) is 9.88 Å². The predicted molar refractivity (Wildman–Crippen MR) is 77.2 cm³/mol. The molecule has 0 saturated heterocycles. The van der Waals surface area contributed by atoms with Crippen LogP contribution in [-0.2, 0) is 6.42 Å². The molecule has 0 bridgehead atoms. The van der Waals surface area contributed by atoms with E-state index in [1.165, 1.54) is 11.1 Å². The summed E-state index contributed by atoms with van der Waals surface area (Å²) < 4.78 is 0. The number of amides is 1. The van der Waals surface area contributed by atoms with E-state index in [-0.39, 0.29) is 11.9 Å². The van der Waals surface area contributed by atoms with Crippen molar-refractivity contribution < 1.29 is 4.79 Å². The fourth-order valence-electron chi connectivity index (χ4n) is 2.80. The van der Waals surface area contributed by atoms with Crippen LogP contribution >= 0.6 is 0 Å². The molecule has 0 spiro atoms. The minimum Gasteiger partial charge on any atom is -0.330 e. The number of fused-ring (bicyclic) bond motifs is 1. The van der Waals surface area contributed by atoms with E-state index in [9.17, 15) is 4.79 Å². The predicted octanol–water partition coefficient (Wildman–Crippen LogP) is 1.78. The molecule has 2 aromatic rings. The highest BCUT2D eigenvalue weighted by Gasteiger charge is 2.30. The van der Waals surface area contributed by atoms with Gasteiger partial charge in [0.2, 0.25) is 0 Å². The van der Waals surface area contributed by atoms with Crippen molar-refractivity contribution in [1.29, 1.82) is 0 Å². The lowest BCUT2D eigenvalue weighted by molar-refractivity contribution is 0.0667. The molecule has 2 heterocycles. The van der Waals surface area contributed by atoms with E-state index in [0.29, 0.717) is 18.7 Å². The molecule has 1 atom stereocenters. The quantitative estimate of drug-likeness (QED) is 0.902. The lowest BCUT2D eigenvalue weighted by Gasteiger charge is -2.36. The Labute approximate surface area is 118 Å². The van der Waals surface area contributed by atoms with Gasteiger partial charge in [-0.2, -0.15) is 0 Å². The zero-order chi connectivity index (χ0) is 13.9. The first-order chi connectivity index (χ1) is 9.81. The van der Waals surface area contributed by atoms with Gasteiger partial charge in [-0.1, -0.05) is 24.3 Å². The molecule has 1 aliphatic heterocycles. The molecule has 0 saturated carbocycles. The van der Waals surface area contributed by atoms with Gasteiger partial charge < -0.3 is 10.6 Å². The summed E-state index contributed by atoms with van der Waals surface area (Å²) in [7, 11) is 0. The topological polar surface area (TPSA) is 59.2 Å². The molecule has 4 nitrogen and oxygen atoms in total. The average molecular weight is 267 g/mol. The number of carbonyl (C=O) groups excluding carboxylic acids is 1. The summed E-state index contributed by atoms with van der Waals surface area (Å²) in [5.74, 6) is 0.00283. The van der Waals surface area contributed by atoms with Gasteiger partial charge in [-0.15, -0.1) is 0 Å². The Bertz CT molecular complexity index is 612. The average Bonchev–Trinajstić information content (AvgIpc) is 2.54. The maximum absolute atomic E-state index is 12.6. The number of rotatable bonds is 2. The van der Waals surface area contributed by atoms with Crippen molar-refractivity contribution in [3.63, 3.8) is 0 Å². The Hall–Kier alpha value is -2.20. The third-order valence-electron chi connectivity index (χ3n) is 3.80.